The summed E-state index contributed by atoms with van der Waals surface area (Å²) in [5, 5.41) is 9.69. The molecule has 0 fully saturated rings. The largest absolute Gasteiger partial charge is 0.349 e. The molecule has 2 aliphatic rings. The van der Waals surface area contributed by atoms with Crippen molar-refractivity contribution in [3.63, 3.8) is 0 Å². The van der Waals surface area contributed by atoms with Gasteiger partial charge in [0.05, 0.1) is 24.1 Å². The lowest BCUT2D eigenvalue weighted by atomic mass is 9.94. The van der Waals surface area contributed by atoms with Crippen molar-refractivity contribution >= 4 is 5.82 Å². The Balaban J connectivity index is 1.36. The fourth-order valence-electron chi connectivity index (χ4n) is 4.58. The van der Waals surface area contributed by atoms with Crippen LogP contribution in [0.3, 0.4) is 0 Å². The Morgan fingerprint density at radius 1 is 1.03 bits per heavy atom. The Labute approximate surface area is 171 Å². The van der Waals surface area contributed by atoms with Crippen molar-refractivity contribution in [2.24, 2.45) is 0 Å². The van der Waals surface area contributed by atoms with E-state index in [4.69, 9.17) is 9.97 Å². The van der Waals surface area contributed by atoms with Gasteiger partial charge in [-0.2, -0.15) is 5.26 Å². The molecule has 3 heterocycles. The molecule has 0 bridgehead atoms. The van der Waals surface area contributed by atoms with Crippen molar-refractivity contribution in [2.45, 2.75) is 51.6 Å². The number of pyridine rings is 1. The van der Waals surface area contributed by atoms with Crippen LogP contribution in [-0.2, 0) is 38.8 Å². The van der Waals surface area contributed by atoms with Gasteiger partial charge in [-0.3, -0.25) is 0 Å². The third-order valence-electron chi connectivity index (χ3n) is 6.18. The van der Waals surface area contributed by atoms with E-state index in [-0.39, 0.29) is 0 Å². The normalized spacial score (nSPS) is 15.5. The second-order valence-corrected chi connectivity index (χ2v) is 8.02. The van der Waals surface area contributed by atoms with Crippen LogP contribution in [-0.4, -0.2) is 21.1 Å². The van der Waals surface area contributed by atoms with Crippen LogP contribution in [0.25, 0.3) is 0 Å². The van der Waals surface area contributed by atoms with Crippen LogP contribution in [0.2, 0.25) is 0 Å². The summed E-state index contributed by atoms with van der Waals surface area (Å²) in [4.78, 5) is 11.9. The molecule has 0 unspecified atom stereocenters. The molecule has 29 heavy (non-hydrogen) atoms. The number of hydrogen-bond donors (Lipinski definition) is 0. The van der Waals surface area contributed by atoms with E-state index >= 15 is 0 Å². The molecule has 5 nitrogen and oxygen atoms in total. The Morgan fingerprint density at radius 2 is 1.90 bits per heavy atom. The minimum absolute atomic E-state index is 0.706. The predicted octanol–water partition coefficient (Wildman–Crippen LogP) is 3.83. The number of benzene rings is 1. The SMILES string of the molecule is N#Cc1cc2c(nc1N1CCc3c(ncn3CCc3ccccc3)C1)CCCC2. The second kappa shape index (κ2) is 7.71. The third-order valence-corrected chi connectivity index (χ3v) is 6.18. The van der Waals surface area contributed by atoms with E-state index in [1.165, 1.54) is 35.4 Å². The summed E-state index contributed by atoms with van der Waals surface area (Å²) < 4.78 is 2.30. The van der Waals surface area contributed by atoms with E-state index in [9.17, 15) is 5.26 Å². The lowest BCUT2D eigenvalue weighted by Crippen LogP contribution is -2.33. The molecule has 5 heteroatoms. The first-order valence-electron chi connectivity index (χ1n) is 10.6. The first kappa shape index (κ1) is 17.9. The van der Waals surface area contributed by atoms with Crippen LogP contribution in [0, 0.1) is 11.3 Å². The Bertz CT molecular complexity index is 1060. The molecule has 5 rings (SSSR count). The smallest absolute Gasteiger partial charge is 0.147 e. The molecule has 3 aromatic rings. The second-order valence-electron chi connectivity index (χ2n) is 8.02. The molecular formula is C24H25N5. The van der Waals surface area contributed by atoms with E-state index in [0.29, 0.717) is 5.56 Å². The summed E-state index contributed by atoms with van der Waals surface area (Å²) >= 11 is 0. The van der Waals surface area contributed by atoms with Crippen LogP contribution in [0.15, 0.2) is 42.7 Å². The maximum absolute atomic E-state index is 9.69. The number of fused-ring (bicyclic) bond motifs is 2. The third kappa shape index (κ3) is 3.51. The van der Waals surface area contributed by atoms with Gasteiger partial charge in [-0.05, 0) is 49.3 Å². The number of hydrogen-bond acceptors (Lipinski definition) is 4. The quantitative estimate of drug-likeness (QED) is 0.687. The number of nitrogens with zero attached hydrogens (tertiary/aromatic N) is 5. The van der Waals surface area contributed by atoms with Crippen molar-refractivity contribution in [1.82, 2.24) is 14.5 Å². The van der Waals surface area contributed by atoms with Crippen molar-refractivity contribution < 1.29 is 0 Å². The van der Waals surface area contributed by atoms with Gasteiger partial charge < -0.3 is 9.47 Å². The number of nitriles is 1. The minimum atomic E-state index is 0.706. The molecule has 0 saturated carbocycles. The van der Waals surface area contributed by atoms with Crippen molar-refractivity contribution in [1.29, 1.82) is 5.26 Å². The minimum Gasteiger partial charge on any atom is -0.349 e. The van der Waals surface area contributed by atoms with Gasteiger partial charge in [0, 0.05) is 30.9 Å². The van der Waals surface area contributed by atoms with E-state index in [2.05, 4.69) is 51.9 Å². The topological polar surface area (TPSA) is 57.7 Å². The zero-order valence-electron chi connectivity index (χ0n) is 16.6. The average Bonchev–Trinajstić information content (AvgIpc) is 3.19. The Morgan fingerprint density at radius 3 is 2.76 bits per heavy atom. The molecule has 0 amide bonds. The van der Waals surface area contributed by atoms with Crippen molar-refractivity contribution in [2.75, 3.05) is 11.4 Å². The fourth-order valence-corrected chi connectivity index (χ4v) is 4.58. The monoisotopic (exact) mass is 383 g/mol. The maximum Gasteiger partial charge on any atom is 0.147 e. The lowest BCUT2D eigenvalue weighted by molar-refractivity contribution is 0.618. The summed E-state index contributed by atoms with van der Waals surface area (Å²) in [6, 6.07) is 15.1. The summed E-state index contributed by atoms with van der Waals surface area (Å²) in [5.41, 5.74) is 6.95. The van der Waals surface area contributed by atoms with Gasteiger partial charge in [-0.25, -0.2) is 9.97 Å². The van der Waals surface area contributed by atoms with E-state index in [1.807, 2.05) is 6.33 Å². The summed E-state index contributed by atoms with van der Waals surface area (Å²) in [6.07, 6.45) is 8.40. The zero-order chi connectivity index (χ0) is 19.6. The van der Waals surface area contributed by atoms with E-state index < -0.39 is 0 Å². The molecule has 0 saturated heterocycles. The lowest BCUT2D eigenvalue weighted by Gasteiger charge is -2.30. The van der Waals surface area contributed by atoms with E-state index in [0.717, 1.165) is 56.8 Å². The van der Waals surface area contributed by atoms with Gasteiger partial charge in [0.2, 0.25) is 0 Å². The number of aryl methyl sites for hydroxylation is 4. The first-order chi connectivity index (χ1) is 14.3. The van der Waals surface area contributed by atoms with Crippen molar-refractivity contribution in [3.8, 4) is 6.07 Å². The van der Waals surface area contributed by atoms with E-state index in [1.54, 1.807) is 0 Å². The highest BCUT2D eigenvalue weighted by atomic mass is 15.2. The standard InChI is InChI=1S/C24H25N5/c25-15-20-14-19-8-4-5-9-21(19)27-24(20)28-13-11-23-22(16-28)26-17-29(23)12-10-18-6-2-1-3-7-18/h1-3,6-7,14,17H,4-5,8-13,16H2. The highest BCUT2D eigenvalue weighted by molar-refractivity contribution is 5.57. The van der Waals surface area contributed by atoms with Gasteiger partial charge in [-0.1, -0.05) is 30.3 Å². The average molecular weight is 383 g/mol. The summed E-state index contributed by atoms with van der Waals surface area (Å²) in [5.74, 6) is 0.845. The zero-order valence-corrected chi connectivity index (χ0v) is 16.6. The molecule has 0 spiro atoms. The highest BCUT2D eigenvalue weighted by Crippen LogP contribution is 2.29. The molecular weight excluding hydrogens is 358 g/mol. The van der Waals surface area contributed by atoms with Crippen LogP contribution in [0.4, 0.5) is 5.82 Å². The molecule has 1 aromatic carbocycles. The molecule has 0 atom stereocenters. The Kier molecular flexibility index (Phi) is 4.77. The molecule has 146 valence electrons. The molecule has 0 radical (unpaired) electrons. The predicted molar refractivity (Wildman–Crippen MR) is 113 cm³/mol. The van der Waals surface area contributed by atoms with Crippen molar-refractivity contribution in [3.05, 3.63) is 76.5 Å². The van der Waals surface area contributed by atoms with Crippen LogP contribution >= 0.6 is 0 Å². The number of anilines is 1. The maximum atomic E-state index is 9.69. The summed E-state index contributed by atoms with van der Waals surface area (Å²) in [6.45, 7) is 2.56. The van der Waals surface area contributed by atoms with Gasteiger partial charge >= 0.3 is 0 Å². The summed E-state index contributed by atoms with van der Waals surface area (Å²) in [7, 11) is 0. The van der Waals surface area contributed by atoms with Gasteiger partial charge in [0.1, 0.15) is 11.9 Å². The highest BCUT2D eigenvalue weighted by Gasteiger charge is 2.25. The number of aromatic nitrogens is 3. The number of rotatable bonds is 4. The Hall–Kier alpha value is -3.13. The van der Waals surface area contributed by atoms with Gasteiger partial charge in [0.15, 0.2) is 0 Å². The fraction of sp³-hybridized carbons (Fsp3) is 0.375. The van der Waals surface area contributed by atoms with Gasteiger partial charge in [0.25, 0.3) is 0 Å². The molecule has 0 N–H and O–H groups in total. The van der Waals surface area contributed by atoms with Crippen LogP contribution in [0.5, 0.6) is 0 Å². The molecule has 1 aliphatic heterocycles. The number of imidazole rings is 1. The van der Waals surface area contributed by atoms with Crippen LogP contribution in [0.1, 0.15) is 46.6 Å². The first-order valence-corrected chi connectivity index (χ1v) is 10.6. The molecule has 2 aromatic heterocycles. The molecule has 1 aliphatic carbocycles. The van der Waals surface area contributed by atoms with Crippen LogP contribution < -0.4 is 4.90 Å². The van der Waals surface area contributed by atoms with Gasteiger partial charge in [-0.15, -0.1) is 0 Å².